The first-order valence-corrected chi connectivity index (χ1v) is 7.86. The van der Waals surface area contributed by atoms with Gasteiger partial charge in [-0.2, -0.15) is 0 Å². The van der Waals surface area contributed by atoms with Gasteiger partial charge in [0.05, 0.1) is 6.61 Å². The van der Waals surface area contributed by atoms with Gasteiger partial charge < -0.3 is 15.3 Å². The summed E-state index contributed by atoms with van der Waals surface area (Å²) in [6, 6.07) is 3.76. The summed E-state index contributed by atoms with van der Waals surface area (Å²) in [6.07, 6.45) is 1.36. The minimum atomic E-state index is -0.528. The number of hydrogen-bond acceptors (Lipinski definition) is 3. The lowest BCUT2D eigenvalue weighted by molar-refractivity contribution is -0.125. The van der Waals surface area contributed by atoms with Crippen molar-refractivity contribution in [3.63, 3.8) is 0 Å². The number of rotatable bonds is 4. The predicted molar refractivity (Wildman–Crippen MR) is 85.2 cm³/mol. The maximum absolute atomic E-state index is 12.6. The van der Waals surface area contributed by atoms with Crippen molar-refractivity contribution in [2.75, 3.05) is 13.2 Å². The van der Waals surface area contributed by atoms with Gasteiger partial charge in [-0.3, -0.25) is 9.59 Å². The van der Waals surface area contributed by atoms with Crippen molar-refractivity contribution in [2.45, 2.75) is 31.8 Å². The minimum Gasteiger partial charge on any atom is -0.394 e. The first kappa shape index (κ1) is 17.1. The lowest BCUT2D eigenvalue weighted by Crippen LogP contribution is -2.49. The Morgan fingerprint density at radius 1 is 1.36 bits per heavy atom. The van der Waals surface area contributed by atoms with E-state index in [1.165, 1.54) is 4.90 Å². The number of nitrogens with zero attached hydrogens (tertiary/aromatic N) is 1. The molecule has 1 heterocycles. The van der Waals surface area contributed by atoms with Crippen LogP contribution >= 0.6 is 23.2 Å². The SMILES string of the molecule is CC(CO)NC(=O)C1CCCN1C(=O)c1cc(Cl)cc(Cl)c1. The van der Waals surface area contributed by atoms with Crippen molar-refractivity contribution < 1.29 is 14.7 Å². The highest BCUT2D eigenvalue weighted by molar-refractivity contribution is 6.35. The van der Waals surface area contributed by atoms with E-state index in [1.807, 2.05) is 0 Å². The second-order valence-electron chi connectivity index (χ2n) is 5.41. The second kappa shape index (κ2) is 7.31. The van der Waals surface area contributed by atoms with Gasteiger partial charge in [-0.15, -0.1) is 0 Å². The molecule has 0 spiro atoms. The molecule has 2 amide bonds. The third-order valence-electron chi connectivity index (χ3n) is 3.59. The van der Waals surface area contributed by atoms with Crippen molar-refractivity contribution in [3.8, 4) is 0 Å². The van der Waals surface area contributed by atoms with Crippen LogP contribution in [0.5, 0.6) is 0 Å². The molecule has 0 aromatic heterocycles. The van der Waals surface area contributed by atoms with Crippen LogP contribution < -0.4 is 5.32 Å². The molecule has 2 unspecified atom stereocenters. The molecule has 0 saturated carbocycles. The monoisotopic (exact) mass is 344 g/mol. The molecular weight excluding hydrogens is 327 g/mol. The van der Waals surface area contributed by atoms with E-state index in [4.69, 9.17) is 28.3 Å². The number of nitrogens with one attached hydrogen (secondary N) is 1. The van der Waals surface area contributed by atoms with Crippen LogP contribution in [0.3, 0.4) is 0 Å². The van der Waals surface area contributed by atoms with Crippen LogP contribution in [0.1, 0.15) is 30.1 Å². The number of amides is 2. The lowest BCUT2D eigenvalue weighted by Gasteiger charge is -2.25. The molecule has 0 radical (unpaired) electrons. The lowest BCUT2D eigenvalue weighted by atomic mass is 10.1. The van der Waals surface area contributed by atoms with Crippen LogP contribution in [-0.4, -0.2) is 47.1 Å². The van der Waals surface area contributed by atoms with E-state index in [-0.39, 0.29) is 24.5 Å². The van der Waals surface area contributed by atoms with Gasteiger partial charge in [0.1, 0.15) is 6.04 Å². The van der Waals surface area contributed by atoms with Gasteiger partial charge in [0, 0.05) is 28.2 Å². The van der Waals surface area contributed by atoms with E-state index in [0.29, 0.717) is 28.6 Å². The fourth-order valence-corrected chi connectivity index (χ4v) is 3.04. The third kappa shape index (κ3) is 3.91. The van der Waals surface area contributed by atoms with Gasteiger partial charge in [-0.25, -0.2) is 0 Å². The molecule has 0 bridgehead atoms. The molecule has 22 heavy (non-hydrogen) atoms. The molecule has 2 rings (SSSR count). The van der Waals surface area contributed by atoms with Gasteiger partial charge in [0.15, 0.2) is 0 Å². The Morgan fingerprint density at radius 3 is 2.59 bits per heavy atom. The minimum absolute atomic E-state index is 0.143. The molecule has 1 aromatic carbocycles. The first-order valence-electron chi connectivity index (χ1n) is 7.10. The Hall–Kier alpha value is -1.30. The summed E-state index contributed by atoms with van der Waals surface area (Å²) in [5, 5.41) is 12.5. The summed E-state index contributed by atoms with van der Waals surface area (Å²) in [5.74, 6) is -0.515. The van der Waals surface area contributed by atoms with Gasteiger partial charge in [-0.1, -0.05) is 23.2 Å². The Kier molecular flexibility index (Phi) is 5.67. The molecule has 1 aliphatic rings. The first-order chi connectivity index (χ1) is 10.4. The molecule has 1 aromatic rings. The molecule has 1 saturated heterocycles. The smallest absolute Gasteiger partial charge is 0.254 e. The molecule has 1 aliphatic heterocycles. The predicted octanol–water partition coefficient (Wildman–Crippen LogP) is 2.10. The summed E-state index contributed by atoms with van der Waals surface area (Å²) in [7, 11) is 0. The number of likely N-dealkylation sites (tertiary alicyclic amines) is 1. The van der Waals surface area contributed by atoms with Gasteiger partial charge in [0.25, 0.3) is 5.91 Å². The number of aliphatic hydroxyl groups excluding tert-OH is 1. The Balaban J connectivity index is 2.15. The van der Waals surface area contributed by atoms with Crippen LogP contribution in [-0.2, 0) is 4.79 Å². The maximum atomic E-state index is 12.6. The zero-order valence-corrected chi connectivity index (χ0v) is 13.7. The summed E-state index contributed by atoms with van der Waals surface area (Å²) in [4.78, 5) is 26.4. The average molecular weight is 345 g/mol. The van der Waals surface area contributed by atoms with Gasteiger partial charge in [0.2, 0.25) is 5.91 Å². The standard InChI is InChI=1S/C15H18Cl2N2O3/c1-9(8-20)18-14(21)13-3-2-4-19(13)15(22)10-5-11(16)7-12(17)6-10/h5-7,9,13,20H,2-4,8H2,1H3,(H,18,21). The third-order valence-corrected chi connectivity index (χ3v) is 4.02. The molecule has 120 valence electrons. The van der Waals surface area contributed by atoms with Gasteiger partial charge >= 0.3 is 0 Å². The zero-order chi connectivity index (χ0) is 16.3. The summed E-state index contributed by atoms with van der Waals surface area (Å²) >= 11 is 11.9. The Bertz CT molecular complexity index is 560. The topological polar surface area (TPSA) is 69.6 Å². The van der Waals surface area contributed by atoms with E-state index in [2.05, 4.69) is 5.32 Å². The summed E-state index contributed by atoms with van der Waals surface area (Å²) in [6.45, 7) is 2.07. The Morgan fingerprint density at radius 2 is 2.00 bits per heavy atom. The molecule has 1 fully saturated rings. The average Bonchev–Trinajstić information content (AvgIpc) is 2.94. The number of hydrogen-bond donors (Lipinski definition) is 2. The highest BCUT2D eigenvalue weighted by Gasteiger charge is 2.35. The van der Waals surface area contributed by atoms with Crippen LogP contribution in [0.2, 0.25) is 10.0 Å². The van der Waals surface area contributed by atoms with Crippen molar-refractivity contribution >= 4 is 35.0 Å². The molecule has 2 atom stereocenters. The number of aliphatic hydroxyl groups is 1. The fourth-order valence-electron chi connectivity index (χ4n) is 2.51. The molecule has 7 heteroatoms. The normalized spacial score (nSPS) is 19.1. The molecule has 2 N–H and O–H groups in total. The van der Waals surface area contributed by atoms with Crippen molar-refractivity contribution in [2.24, 2.45) is 0 Å². The van der Waals surface area contributed by atoms with E-state index in [1.54, 1.807) is 25.1 Å². The molecule has 0 aliphatic carbocycles. The van der Waals surface area contributed by atoms with E-state index in [9.17, 15) is 9.59 Å². The van der Waals surface area contributed by atoms with Crippen LogP contribution in [0.4, 0.5) is 0 Å². The molecule has 5 nitrogen and oxygen atoms in total. The summed E-state index contributed by atoms with van der Waals surface area (Å²) < 4.78 is 0. The highest BCUT2D eigenvalue weighted by atomic mass is 35.5. The van der Waals surface area contributed by atoms with Crippen molar-refractivity contribution in [1.29, 1.82) is 0 Å². The van der Waals surface area contributed by atoms with Crippen LogP contribution in [0.15, 0.2) is 18.2 Å². The Labute approximate surface area is 139 Å². The van der Waals surface area contributed by atoms with Crippen LogP contribution in [0.25, 0.3) is 0 Å². The number of carbonyl (C=O) groups is 2. The highest BCUT2D eigenvalue weighted by Crippen LogP contribution is 2.24. The molecular formula is C15H18Cl2N2O3. The maximum Gasteiger partial charge on any atom is 0.254 e. The van der Waals surface area contributed by atoms with E-state index in [0.717, 1.165) is 6.42 Å². The number of benzene rings is 1. The zero-order valence-electron chi connectivity index (χ0n) is 12.2. The van der Waals surface area contributed by atoms with Gasteiger partial charge in [-0.05, 0) is 38.0 Å². The van der Waals surface area contributed by atoms with Crippen LogP contribution in [0, 0.1) is 0 Å². The summed E-state index contributed by atoms with van der Waals surface area (Å²) in [5.41, 5.74) is 0.368. The fraction of sp³-hybridized carbons (Fsp3) is 0.467. The number of halogens is 2. The van der Waals surface area contributed by atoms with E-state index >= 15 is 0 Å². The largest absolute Gasteiger partial charge is 0.394 e. The number of carbonyl (C=O) groups excluding carboxylic acids is 2. The second-order valence-corrected chi connectivity index (χ2v) is 6.28. The quantitative estimate of drug-likeness (QED) is 0.878. The van der Waals surface area contributed by atoms with Crippen molar-refractivity contribution in [1.82, 2.24) is 10.2 Å². The van der Waals surface area contributed by atoms with E-state index < -0.39 is 6.04 Å². The van der Waals surface area contributed by atoms with Crippen molar-refractivity contribution in [3.05, 3.63) is 33.8 Å².